The maximum atomic E-state index is 12.2. The minimum absolute atomic E-state index is 0.0876. The van der Waals surface area contributed by atoms with Gasteiger partial charge in [0.1, 0.15) is 0 Å². The molecule has 0 aliphatic heterocycles. The number of aromatic nitrogens is 3. The summed E-state index contributed by atoms with van der Waals surface area (Å²) in [5.41, 5.74) is 2.95. The SMILES string of the molecule is Cc1ccc(-n2nnc(C(=O)NCC(O)C(C)C)c2C)cc1. The lowest BCUT2D eigenvalue weighted by Gasteiger charge is -2.14. The van der Waals surface area contributed by atoms with Crippen molar-refractivity contribution in [1.29, 1.82) is 0 Å². The molecule has 2 N–H and O–H groups in total. The molecule has 6 nitrogen and oxygen atoms in total. The summed E-state index contributed by atoms with van der Waals surface area (Å²) in [5.74, 6) is -0.236. The van der Waals surface area contributed by atoms with Gasteiger partial charge in [-0.2, -0.15) is 0 Å². The minimum Gasteiger partial charge on any atom is -0.391 e. The molecule has 1 atom stereocenters. The van der Waals surface area contributed by atoms with Gasteiger partial charge in [0.2, 0.25) is 0 Å². The van der Waals surface area contributed by atoms with Crippen LogP contribution in [0.1, 0.15) is 35.6 Å². The predicted octanol–water partition coefficient (Wildman–Crippen LogP) is 1.63. The molecule has 22 heavy (non-hydrogen) atoms. The zero-order valence-electron chi connectivity index (χ0n) is 13.4. The van der Waals surface area contributed by atoms with Gasteiger partial charge in [0.25, 0.3) is 5.91 Å². The zero-order chi connectivity index (χ0) is 16.3. The fourth-order valence-corrected chi connectivity index (χ4v) is 1.99. The van der Waals surface area contributed by atoms with Crippen molar-refractivity contribution in [2.45, 2.75) is 33.8 Å². The Balaban J connectivity index is 2.13. The molecule has 0 saturated carbocycles. The number of rotatable bonds is 5. The average Bonchev–Trinajstić information content (AvgIpc) is 2.87. The van der Waals surface area contributed by atoms with E-state index < -0.39 is 6.10 Å². The van der Waals surface area contributed by atoms with E-state index in [1.54, 1.807) is 11.6 Å². The molecule has 0 aliphatic carbocycles. The van der Waals surface area contributed by atoms with Crippen LogP contribution in [0.3, 0.4) is 0 Å². The van der Waals surface area contributed by atoms with Crippen molar-refractivity contribution in [2.24, 2.45) is 5.92 Å². The Morgan fingerprint density at radius 1 is 1.27 bits per heavy atom. The zero-order valence-corrected chi connectivity index (χ0v) is 13.4. The molecule has 0 bridgehead atoms. The van der Waals surface area contributed by atoms with Gasteiger partial charge in [-0.05, 0) is 31.9 Å². The van der Waals surface area contributed by atoms with Crippen LogP contribution in [-0.2, 0) is 0 Å². The van der Waals surface area contributed by atoms with E-state index >= 15 is 0 Å². The predicted molar refractivity (Wildman–Crippen MR) is 84.0 cm³/mol. The Hall–Kier alpha value is -2.21. The summed E-state index contributed by atoms with van der Waals surface area (Å²) in [4.78, 5) is 12.2. The van der Waals surface area contributed by atoms with Crippen LogP contribution in [0.4, 0.5) is 0 Å². The highest BCUT2D eigenvalue weighted by Crippen LogP contribution is 2.13. The van der Waals surface area contributed by atoms with E-state index in [2.05, 4.69) is 15.6 Å². The van der Waals surface area contributed by atoms with Gasteiger partial charge >= 0.3 is 0 Å². The number of carbonyl (C=O) groups is 1. The summed E-state index contributed by atoms with van der Waals surface area (Å²) in [6, 6.07) is 7.83. The van der Waals surface area contributed by atoms with E-state index in [9.17, 15) is 9.90 Å². The second kappa shape index (κ2) is 6.70. The van der Waals surface area contributed by atoms with Gasteiger partial charge in [-0.25, -0.2) is 4.68 Å². The number of nitrogens with one attached hydrogen (secondary N) is 1. The average molecular weight is 302 g/mol. The highest BCUT2D eigenvalue weighted by molar-refractivity contribution is 5.93. The lowest BCUT2D eigenvalue weighted by molar-refractivity contribution is 0.0866. The molecule has 1 heterocycles. The molecule has 2 aromatic rings. The van der Waals surface area contributed by atoms with Gasteiger partial charge in [-0.3, -0.25) is 4.79 Å². The molecule has 6 heteroatoms. The smallest absolute Gasteiger partial charge is 0.273 e. The third-order valence-electron chi connectivity index (χ3n) is 3.63. The van der Waals surface area contributed by atoms with E-state index in [0.29, 0.717) is 5.69 Å². The minimum atomic E-state index is -0.573. The van der Waals surface area contributed by atoms with E-state index in [0.717, 1.165) is 11.3 Å². The van der Waals surface area contributed by atoms with Crippen molar-refractivity contribution >= 4 is 5.91 Å². The fraction of sp³-hybridized carbons (Fsp3) is 0.438. The first-order valence-corrected chi connectivity index (χ1v) is 7.35. The largest absolute Gasteiger partial charge is 0.391 e. The number of hydrogen-bond acceptors (Lipinski definition) is 4. The second-order valence-electron chi connectivity index (χ2n) is 5.79. The molecule has 0 saturated heterocycles. The Kier molecular flexibility index (Phi) is 4.92. The Bertz CT molecular complexity index is 647. The van der Waals surface area contributed by atoms with E-state index in [-0.39, 0.29) is 24.1 Å². The lowest BCUT2D eigenvalue weighted by Crippen LogP contribution is -2.35. The summed E-state index contributed by atoms with van der Waals surface area (Å²) >= 11 is 0. The number of amides is 1. The number of hydrogen-bond donors (Lipinski definition) is 2. The lowest BCUT2D eigenvalue weighted by atomic mass is 10.1. The molecule has 0 radical (unpaired) electrons. The van der Waals surface area contributed by atoms with Crippen LogP contribution in [0, 0.1) is 19.8 Å². The maximum absolute atomic E-state index is 12.2. The third kappa shape index (κ3) is 3.51. The van der Waals surface area contributed by atoms with Gasteiger partial charge in [-0.1, -0.05) is 36.8 Å². The molecule has 1 unspecified atom stereocenters. The van der Waals surface area contributed by atoms with E-state index in [1.165, 1.54) is 0 Å². The molecular formula is C16H22N4O2. The second-order valence-corrected chi connectivity index (χ2v) is 5.79. The first kappa shape index (κ1) is 16.2. The van der Waals surface area contributed by atoms with Gasteiger partial charge < -0.3 is 10.4 Å². The summed E-state index contributed by atoms with van der Waals surface area (Å²) in [6.07, 6.45) is -0.573. The quantitative estimate of drug-likeness (QED) is 0.880. The Morgan fingerprint density at radius 3 is 2.50 bits per heavy atom. The molecule has 1 aromatic heterocycles. The third-order valence-corrected chi connectivity index (χ3v) is 3.63. The molecule has 2 rings (SSSR count). The molecule has 1 amide bonds. The van der Waals surface area contributed by atoms with Gasteiger partial charge in [0, 0.05) is 6.54 Å². The summed E-state index contributed by atoms with van der Waals surface area (Å²) in [6.45, 7) is 7.81. The Labute approximate surface area is 130 Å². The number of aryl methyl sites for hydroxylation is 1. The van der Waals surface area contributed by atoms with Crippen molar-refractivity contribution in [1.82, 2.24) is 20.3 Å². The number of nitrogens with zero attached hydrogens (tertiary/aromatic N) is 3. The number of aliphatic hydroxyl groups is 1. The van der Waals surface area contributed by atoms with Crippen LogP contribution in [0.15, 0.2) is 24.3 Å². The van der Waals surface area contributed by atoms with Crippen LogP contribution >= 0.6 is 0 Å². The molecule has 0 spiro atoms. The van der Waals surface area contributed by atoms with Crippen molar-refractivity contribution in [3.63, 3.8) is 0 Å². The standard InChI is InChI=1S/C16H22N4O2/c1-10(2)14(21)9-17-16(22)15-12(4)20(19-18-15)13-7-5-11(3)6-8-13/h5-8,10,14,21H,9H2,1-4H3,(H,17,22). The van der Waals surface area contributed by atoms with Crippen molar-refractivity contribution in [3.05, 3.63) is 41.2 Å². The maximum Gasteiger partial charge on any atom is 0.273 e. The van der Waals surface area contributed by atoms with Crippen molar-refractivity contribution in [3.8, 4) is 5.69 Å². The van der Waals surface area contributed by atoms with Crippen LogP contribution in [0.5, 0.6) is 0 Å². The highest BCUT2D eigenvalue weighted by atomic mass is 16.3. The molecule has 118 valence electrons. The summed E-state index contributed by atoms with van der Waals surface area (Å²) in [5, 5.41) is 20.4. The molecule has 0 fully saturated rings. The monoisotopic (exact) mass is 302 g/mol. The van der Waals surface area contributed by atoms with Crippen molar-refractivity contribution < 1.29 is 9.90 Å². The van der Waals surface area contributed by atoms with Crippen LogP contribution in [0.2, 0.25) is 0 Å². The number of carbonyl (C=O) groups excluding carboxylic acids is 1. The number of aliphatic hydroxyl groups excluding tert-OH is 1. The van der Waals surface area contributed by atoms with E-state index in [4.69, 9.17) is 0 Å². The fourth-order valence-electron chi connectivity index (χ4n) is 1.99. The van der Waals surface area contributed by atoms with Crippen LogP contribution in [-0.4, -0.2) is 38.7 Å². The topological polar surface area (TPSA) is 80.0 Å². The first-order valence-electron chi connectivity index (χ1n) is 7.35. The normalized spacial score (nSPS) is 12.5. The summed E-state index contributed by atoms with van der Waals surface area (Å²) < 4.78 is 1.63. The van der Waals surface area contributed by atoms with Gasteiger partial charge in [-0.15, -0.1) is 5.10 Å². The van der Waals surface area contributed by atoms with Crippen molar-refractivity contribution in [2.75, 3.05) is 6.54 Å². The molecule has 0 aliphatic rings. The Morgan fingerprint density at radius 2 is 1.91 bits per heavy atom. The highest BCUT2D eigenvalue weighted by Gasteiger charge is 2.18. The van der Waals surface area contributed by atoms with Crippen LogP contribution < -0.4 is 5.32 Å². The molecular weight excluding hydrogens is 280 g/mol. The van der Waals surface area contributed by atoms with Crippen LogP contribution in [0.25, 0.3) is 5.69 Å². The first-order chi connectivity index (χ1) is 10.4. The van der Waals surface area contributed by atoms with Gasteiger partial charge in [0.05, 0.1) is 17.5 Å². The summed E-state index contributed by atoms with van der Waals surface area (Å²) in [7, 11) is 0. The van der Waals surface area contributed by atoms with Gasteiger partial charge in [0.15, 0.2) is 5.69 Å². The number of benzene rings is 1. The molecule has 1 aromatic carbocycles. The van der Waals surface area contributed by atoms with E-state index in [1.807, 2.05) is 45.0 Å².